The fraction of sp³-hybridized carbons (Fsp3) is 0.429. The van der Waals surface area contributed by atoms with Gasteiger partial charge in [0.1, 0.15) is 11.2 Å². The van der Waals surface area contributed by atoms with Crippen LogP contribution in [0.4, 0.5) is 6.01 Å². The van der Waals surface area contributed by atoms with Crippen LogP contribution in [0.1, 0.15) is 32.6 Å². The first-order chi connectivity index (χ1) is 14.0. The molecular weight excluding hydrogens is 390 g/mol. The summed E-state index contributed by atoms with van der Waals surface area (Å²) in [6.07, 6.45) is 4.90. The Morgan fingerprint density at radius 2 is 1.97 bits per heavy atom. The molecule has 1 aliphatic carbocycles. The summed E-state index contributed by atoms with van der Waals surface area (Å²) in [5.74, 6) is 0.464. The number of piperidine rings is 1. The van der Waals surface area contributed by atoms with Crippen LogP contribution in [-0.2, 0) is 4.79 Å². The van der Waals surface area contributed by atoms with Gasteiger partial charge in [0, 0.05) is 24.0 Å². The van der Waals surface area contributed by atoms with Gasteiger partial charge in [-0.2, -0.15) is 0 Å². The smallest absolute Gasteiger partial charge is 0.316 e. The van der Waals surface area contributed by atoms with E-state index < -0.39 is 6.04 Å². The SMILES string of the molecule is C[C@@H](Nc1nnc(-c2ccc3nc(Cl)ccc3c2)o1)C(=O)N1CCC2(CC1)CC2. The zero-order chi connectivity index (χ0) is 20.0. The number of pyridine rings is 1. The summed E-state index contributed by atoms with van der Waals surface area (Å²) in [6.45, 7) is 3.52. The van der Waals surface area contributed by atoms with Crippen LogP contribution in [0.5, 0.6) is 0 Å². The van der Waals surface area contributed by atoms with Crippen LogP contribution < -0.4 is 5.32 Å². The topological polar surface area (TPSA) is 84.1 Å². The van der Waals surface area contributed by atoms with E-state index >= 15 is 0 Å². The van der Waals surface area contributed by atoms with Crippen molar-refractivity contribution in [2.45, 2.75) is 38.6 Å². The molecule has 3 aromatic rings. The number of nitrogens with zero attached hydrogens (tertiary/aromatic N) is 4. The van der Waals surface area contributed by atoms with Gasteiger partial charge in [-0.1, -0.05) is 16.7 Å². The van der Waals surface area contributed by atoms with Gasteiger partial charge in [0.2, 0.25) is 11.8 Å². The normalized spacial score (nSPS) is 18.8. The molecule has 1 saturated heterocycles. The molecular formula is C21H22ClN5O2. The maximum Gasteiger partial charge on any atom is 0.316 e. The van der Waals surface area contributed by atoms with Crippen molar-refractivity contribution in [2.24, 2.45) is 5.41 Å². The molecule has 2 aromatic heterocycles. The fourth-order valence-corrected chi connectivity index (χ4v) is 4.19. The summed E-state index contributed by atoms with van der Waals surface area (Å²) < 4.78 is 5.74. The summed E-state index contributed by atoms with van der Waals surface area (Å²) in [5, 5.41) is 12.6. The molecule has 150 valence electrons. The Kier molecular flexibility index (Phi) is 4.42. The maximum atomic E-state index is 12.7. The van der Waals surface area contributed by atoms with Gasteiger partial charge >= 0.3 is 6.01 Å². The number of carbonyl (C=O) groups excluding carboxylic acids is 1. The molecule has 0 bridgehead atoms. The van der Waals surface area contributed by atoms with Crippen molar-refractivity contribution in [3.05, 3.63) is 35.5 Å². The largest absolute Gasteiger partial charge is 0.403 e. The molecule has 29 heavy (non-hydrogen) atoms. The van der Waals surface area contributed by atoms with Crippen LogP contribution in [0.2, 0.25) is 5.15 Å². The second kappa shape index (κ2) is 6.99. The number of nitrogens with one attached hydrogen (secondary N) is 1. The molecule has 1 spiro atoms. The van der Waals surface area contributed by atoms with E-state index in [1.807, 2.05) is 36.1 Å². The van der Waals surface area contributed by atoms with Crippen LogP contribution in [0.15, 0.2) is 34.7 Å². The van der Waals surface area contributed by atoms with E-state index in [0.29, 0.717) is 16.5 Å². The van der Waals surface area contributed by atoms with Crippen molar-refractivity contribution in [1.82, 2.24) is 20.1 Å². The minimum atomic E-state index is -0.417. The second-order valence-electron chi connectivity index (χ2n) is 8.15. The highest BCUT2D eigenvalue weighted by molar-refractivity contribution is 6.29. The molecule has 2 aliphatic rings. The molecule has 5 rings (SSSR count). The van der Waals surface area contributed by atoms with Gasteiger partial charge in [-0.25, -0.2) is 4.98 Å². The Labute approximate surface area is 173 Å². The number of hydrogen-bond donors (Lipinski definition) is 1. The zero-order valence-electron chi connectivity index (χ0n) is 16.2. The fourth-order valence-electron chi connectivity index (χ4n) is 4.03. The van der Waals surface area contributed by atoms with Crippen LogP contribution in [0.25, 0.3) is 22.4 Å². The zero-order valence-corrected chi connectivity index (χ0v) is 16.9. The summed E-state index contributed by atoms with van der Waals surface area (Å²) in [7, 11) is 0. The Morgan fingerprint density at radius 1 is 1.17 bits per heavy atom. The number of aromatic nitrogens is 3. The van der Waals surface area contributed by atoms with Crippen LogP contribution in [0.3, 0.4) is 0 Å². The highest BCUT2D eigenvalue weighted by Crippen LogP contribution is 2.53. The average molecular weight is 412 g/mol. The number of halogens is 1. The van der Waals surface area contributed by atoms with Gasteiger partial charge in [0.05, 0.1) is 5.52 Å². The Hall–Kier alpha value is -2.67. The average Bonchev–Trinajstić information content (AvgIpc) is 3.31. The molecule has 1 aromatic carbocycles. The van der Waals surface area contributed by atoms with E-state index in [1.165, 1.54) is 12.8 Å². The van der Waals surface area contributed by atoms with E-state index in [1.54, 1.807) is 6.07 Å². The van der Waals surface area contributed by atoms with Crippen LogP contribution in [0, 0.1) is 5.41 Å². The van der Waals surface area contributed by atoms with Gasteiger partial charge in [-0.3, -0.25) is 4.79 Å². The van der Waals surface area contributed by atoms with Gasteiger partial charge in [0.15, 0.2) is 0 Å². The quantitative estimate of drug-likeness (QED) is 0.649. The van der Waals surface area contributed by atoms with Gasteiger partial charge in [-0.15, -0.1) is 5.10 Å². The van der Waals surface area contributed by atoms with Gasteiger partial charge < -0.3 is 14.6 Å². The summed E-state index contributed by atoms with van der Waals surface area (Å²) in [5.41, 5.74) is 2.13. The lowest BCUT2D eigenvalue weighted by Gasteiger charge is -2.33. The number of carbonyl (C=O) groups is 1. The third-order valence-corrected chi connectivity index (χ3v) is 6.34. The Bertz CT molecular complexity index is 1070. The molecule has 1 atom stereocenters. The molecule has 1 saturated carbocycles. The molecule has 1 N–H and O–H groups in total. The van der Waals surface area contributed by atoms with E-state index in [0.717, 1.165) is 42.4 Å². The van der Waals surface area contributed by atoms with Crippen molar-refractivity contribution in [2.75, 3.05) is 18.4 Å². The lowest BCUT2D eigenvalue weighted by atomic mass is 9.93. The van der Waals surface area contributed by atoms with Crippen LogP contribution >= 0.6 is 11.6 Å². The summed E-state index contributed by atoms with van der Waals surface area (Å²) >= 11 is 5.93. The molecule has 1 aliphatic heterocycles. The van der Waals surface area contributed by atoms with Crippen molar-refractivity contribution in [3.8, 4) is 11.5 Å². The molecule has 0 radical (unpaired) electrons. The molecule has 0 unspecified atom stereocenters. The number of fused-ring (bicyclic) bond motifs is 1. The molecule has 2 fully saturated rings. The first-order valence-electron chi connectivity index (χ1n) is 9.97. The molecule has 7 nitrogen and oxygen atoms in total. The minimum absolute atomic E-state index is 0.0777. The number of benzene rings is 1. The lowest BCUT2D eigenvalue weighted by Crippen LogP contribution is -2.45. The van der Waals surface area contributed by atoms with Crippen molar-refractivity contribution < 1.29 is 9.21 Å². The first kappa shape index (κ1) is 18.4. The third kappa shape index (κ3) is 3.67. The Morgan fingerprint density at radius 3 is 2.72 bits per heavy atom. The highest BCUT2D eigenvalue weighted by atomic mass is 35.5. The van der Waals surface area contributed by atoms with Crippen LogP contribution in [-0.4, -0.2) is 45.1 Å². The number of rotatable bonds is 4. The van der Waals surface area contributed by atoms with Gasteiger partial charge in [0.25, 0.3) is 0 Å². The second-order valence-corrected chi connectivity index (χ2v) is 8.53. The number of likely N-dealkylation sites (tertiary alicyclic amines) is 1. The maximum absolute atomic E-state index is 12.7. The molecule has 3 heterocycles. The van der Waals surface area contributed by atoms with Crippen molar-refractivity contribution in [3.63, 3.8) is 0 Å². The standard InChI is InChI=1S/C21H22ClN5O2/c1-13(19(28)27-10-8-21(6-7-21)9-11-27)23-20-26-25-18(29-20)15-2-4-16-14(12-15)3-5-17(22)24-16/h2-5,12-13H,6-11H2,1H3,(H,23,26)/t13-/m1/s1. The highest BCUT2D eigenvalue weighted by Gasteiger charge is 2.45. The number of anilines is 1. The predicted octanol–water partition coefficient (Wildman–Crippen LogP) is 4.14. The van der Waals surface area contributed by atoms with E-state index in [-0.39, 0.29) is 11.9 Å². The third-order valence-electron chi connectivity index (χ3n) is 6.13. The van der Waals surface area contributed by atoms with E-state index in [4.69, 9.17) is 16.0 Å². The molecule has 8 heteroatoms. The minimum Gasteiger partial charge on any atom is -0.403 e. The lowest BCUT2D eigenvalue weighted by molar-refractivity contribution is -0.133. The number of amides is 1. The van der Waals surface area contributed by atoms with E-state index in [9.17, 15) is 4.79 Å². The molecule has 1 amide bonds. The summed E-state index contributed by atoms with van der Waals surface area (Å²) in [4.78, 5) is 19.0. The number of hydrogen-bond acceptors (Lipinski definition) is 6. The predicted molar refractivity (Wildman–Crippen MR) is 111 cm³/mol. The van der Waals surface area contributed by atoms with Crippen molar-refractivity contribution in [1.29, 1.82) is 0 Å². The van der Waals surface area contributed by atoms with Crippen molar-refractivity contribution >= 4 is 34.4 Å². The summed E-state index contributed by atoms with van der Waals surface area (Å²) in [6, 6.07) is 9.11. The monoisotopic (exact) mass is 411 g/mol. The van der Waals surface area contributed by atoms with Gasteiger partial charge in [-0.05, 0) is 68.4 Å². The first-order valence-corrected chi connectivity index (χ1v) is 10.3. The van der Waals surface area contributed by atoms with E-state index in [2.05, 4.69) is 20.5 Å². The Balaban J connectivity index is 1.26.